The van der Waals surface area contributed by atoms with E-state index in [1.165, 1.54) is 0 Å². The molecule has 1 N–H and O–H groups in total. The second-order valence-corrected chi connectivity index (χ2v) is 6.68. The molecule has 2 aromatic heterocycles. The van der Waals surface area contributed by atoms with Gasteiger partial charge in [-0.05, 0) is 37.1 Å². The number of nitrogens with zero attached hydrogens (tertiary/aromatic N) is 4. The van der Waals surface area contributed by atoms with Crippen molar-refractivity contribution in [1.82, 2.24) is 19.4 Å². The number of pyridine rings is 1. The van der Waals surface area contributed by atoms with Gasteiger partial charge in [0.2, 0.25) is 11.8 Å². The van der Waals surface area contributed by atoms with Gasteiger partial charge in [0.15, 0.2) is 0 Å². The number of fused-ring (bicyclic) bond motifs is 1. The van der Waals surface area contributed by atoms with Crippen LogP contribution in [0.3, 0.4) is 0 Å². The number of benzene rings is 1. The standard InChI is InChI=1S/C20H21N5O2/c26-19(13-24-11-5-1-2-8-20(24)27)23-15-9-10-18(21-12-15)25-14-22-16-6-3-4-7-17(16)25/h3-4,6-7,9-10,12,14H,1-2,5,8,11,13H2,(H,23,26). The molecule has 0 unspecified atom stereocenters. The maximum Gasteiger partial charge on any atom is 0.244 e. The first-order valence-electron chi connectivity index (χ1n) is 9.17. The summed E-state index contributed by atoms with van der Waals surface area (Å²) in [5.74, 6) is 0.584. The highest BCUT2D eigenvalue weighted by Crippen LogP contribution is 2.17. The Labute approximate surface area is 157 Å². The molecule has 0 bridgehead atoms. The molecule has 1 saturated heterocycles. The van der Waals surface area contributed by atoms with Crippen LogP contribution >= 0.6 is 0 Å². The third-order valence-electron chi connectivity index (χ3n) is 4.74. The van der Waals surface area contributed by atoms with Crippen molar-refractivity contribution in [3.8, 4) is 5.82 Å². The lowest BCUT2D eigenvalue weighted by atomic mass is 10.2. The molecule has 3 aromatic rings. The fourth-order valence-corrected chi connectivity index (χ4v) is 3.32. The van der Waals surface area contributed by atoms with Gasteiger partial charge in [-0.2, -0.15) is 0 Å². The zero-order valence-corrected chi connectivity index (χ0v) is 15.0. The van der Waals surface area contributed by atoms with Crippen LogP contribution in [0.2, 0.25) is 0 Å². The summed E-state index contributed by atoms with van der Waals surface area (Å²) in [6.07, 6.45) is 6.78. The van der Waals surface area contributed by atoms with Crippen molar-refractivity contribution < 1.29 is 9.59 Å². The van der Waals surface area contributed by atoms with E-state index >= 15 is 0 Å². The Balaban J connectivity index is 1.43. The van der Waals surface area contributed by atoms with Crippen LogP contribution in [-0.4, -0.2) is 44.3 Å². The van der Waals surface area contributed by atoms with Crippen molar-refractivity contribution in [2.75, 3.05) is 18.4 Å². The lowest BCUT2D eigenvalue weighted by Crippen LogP contribution is -2.37. The predicted molar refractivity (Wildman–Crippen MR) is 103 cm³/mol. The number of aromatic nitrogens is 3. The molecular formula is C20H21N5O2. The first-order chi connectivity index (χ1) is 13.2. The summed E-state index contributed by atoms with van der Waals surface area (Å²) in [6, 6.07) is 11.5. The number of carbonyl (C=O) groups excluding carboxylic acids is 2. The van der Waals surface area contributed by atoms with E-state index in [9.17, 15) is 9.59 Å². The van der Waals surface area contributed by atoms with Crippen LogP contribution in [0, 0.1) is 0 Å². The molecule has 0 atom stereocenters. The summed E-state index contributed by atoms with van der Waals surface area (Å²) in [6.45, 7) is 0.740. The summed E-state index contributed by atoms with van der Waals surface area (Å²) in [5.41, 5.74) is 2.48. The minimum absolute atomic E-state index is 0.0584. The van der Waals surface area contributed by atoms with Gasteiger partial charge in [0.25, 0.3) is 0 Å². The largest absolute Gasteiger partial charge is 0.333 e. The van der Waals surface area contributed by atoms with E-state index in [2.05, 4.69) is 15.3 Å². The van der Waals surface area contributed by atoms with Gasteiger partial charge in [-0.1, -0.05) is 18.6 Å². The zero-order valence-electron chi connectivity index (χ0n) is 15.0. The molecule has 0 aliphatic carbocycles. The van der Waals surface area contributed by atoms with Crippen LogP contribution in [0.1, 0.15) is 25.7 Å². The van der Waals surface area contributed by atoms with Gasteiger partial charge in [-0.3, -0.25) is 14.2 Å². The van der Waals surface area contributed by atoms with Crippen LogP contribution in [0.15, 0.2) is 48.9 Å². The monoisotopic (exact) mass is 363 g/mol. The second kappa shape index (κ2) is 7.57. The molecule has 7 nitrogen and oxygen atoms in total. The molecule has 1 aliphatic heterocycles. The Hall–Kier alpha value is -3.22. The molecule has 3 heterocycles. The lowest BCUT2D eigenvalue weighted by molar-refractivity contribution is -0.134. The molecular weight excluding hydrogens is 342 g/mol. The van der Waals surface area contributed by atoms with Gasteiger partial charge >= 0.3 is 0 Å². The smallest absolute Gasteiger partial charge is 0.244 e. The Bertz CT molecular complexity index is 964. The Morgan fingerprint density at radius 3 is 2.81 bits per heavy atom. The van der Waals surface area contributed by atoms with Crippen molar-refractivity contribution in [3.63, 3.8) is 0 Å². The van der Waals surface area contributed by atoms with Gasteiger partial charge in [0, 0.05) is 13.0 Å². The third-order valence-corrected chi connectivity index (χ3v) is 4.74. The van der Waals surface area contributed by atoms with E-state index in [0.29, 0.717) is 18.7 Å². The summed E-state index contributed by atoms with van der Waals surface area (Å²) in [5, 5.41) is 2.82. The summed E-state index contributed by atoms with van der Waals surface area (Å²) in [4.78, 5) is 34.7. The lowest BCUT2D eigenvalue weighted by Gasteiger charge is -2.19. The number of hydrogen-bond donors (Lipinski definition) is 1. The normalized spacial score (nSPS) is 15.0. The van der Waals surface area contributed by atoms with Crippen LogP contribution in [0.5, 0.6) is 0 Å². The highest BCUT2D eigenvalue weighted by Gasteiger charge is 2.19. The van der Waals surface area contributed by atoms with Crippen molar-refractivity contribution in [1.29, 1.82) is 0 Å². The highest BCUT2D eigenvalue weighted by molar-refractivity contribution is 5.94. The van der Waals surface area contributed by atoms with Gasteiger partial charge < -0.3 is 10.2 Å². The molecule has 1 aromatic carbocycles. The number of rotatable bonds is 4. The van der Waals surface area contributed by atoms with Crippen LogP contribution < -0.4 is 5.32 Å². The molecule has 138 valence electrons. The summed E-state index contributed by atoms with van der Waals surface area (Å²) >= 11 is 0. The maximum absolute atomic E-state index is 12.3. The van der Waals surface area contributed by atoms with Crippen molar-refractivity contribution in [3.05, 3.63) is 48.9 Å². The molecule has 27 heavy (non-hydrogen) atoms. The van der Waals surface area contributed by atoms with Crippen LogP contribution in [-0.2, 0) is 9.59 Å². The molecule has 2 amide bonds. The first-order valence-corrected chi connectivity index (χ1v) is 9.17. The van der Waals surface area contributed by atoms with E-state index in [0.717, 1.165) is 36.1 Å². The molecule has 0 spiro atoms. The number of amides is 2. The molecule has 7 heteroatoms. The number of para-hydroxylation sites is 2. The Morgan fingerprint density at radius 1 is 1.07 bits per heavy atom. The second-order valence-electron chi connectivity index (χ2n) is 6.68. The number of hydrogen-bond acceptors (Lipinski definition) is 4. The number of imidazole rings is 1. The van der Waals surface area contributed by atoms with Gasteiger partial charge in [0.05, 0.1) is 29.5 Å². The topological polar surface area (TPSA) is 80.1 Å². The van der Waals surface area contributed by atoms with E-state index in [1.54, 1.807) is 23.5 Å². The summed E-state index contributed by atoms with van der Waals surface area (Å²) in [7, 11) is 0. The molecule has 1 aliphatic rings. The van der Waals surface area contributed by atoms with Gasteiger partial charge in [-0.25, -0.2) is 9.97 Å². The third kappa shape index (κ3) is 3.81. The van der Waals surface area contributed by atoms with E-state index in [-0.39, 0.29) is 18.4 Å². The quantitative estimate of drug-likeness (QED) is 0.773. The van der Waals surface area contributed by atoms with E-state index < -0.39 is 0 Å². The van der Waals surface area contributed by atoms with Crippen molar-refractivity contribution in [2.24, 2.45) is 0 Å². The zero-order chi connectivity index (χ0) is 18.6. The SMILES string of the molecule is O=C(CN1CCCCCC1=O)Nc1ccc(-n2cnc3ccccc32)nc1. The molecule has 0 saturated carbocycles. The van der Waals surface area contributed by atoms with Crippen LogP contribution in [0.4, 0.5) is 5.69 Å². The van der Waals surface area contributed by atoms with E-state index in [4.69, 9.17) is 0 Å². The first kappa shape index (κ1) is 17.2. The predicted octanol–water partition coefficient (Wildman–Crippen LogP) is 2.76. The summed E-state index contributed by atoms with van der Waals surface area (Å²) < 4.78 is 1.90. The number of nitrogens with one attached hydrogen (secondary N) is 1. The maximum atomic E-state index is 12.3. The average Bonchev–Trinajstić information content (AvgIpc) is 3.01. The van der Waals surface area contributed by atoms with Gasteiger partial charge in [0.1, 0.15) is 12.1 Å². The molecule has 4 rings (SSSR count). The number of carbonyl (C=O) groups is 2. The number of likely N-dealkylation sites (tertiary alicyclic amines) is 1. The van der Waals surface area contributed by atoms with Crippen molar-refractivity contribution in [2.45, 2.75) is 25.7 Å². The Kier molecular flexibility index (Phi) is 4.82. The highest BCUT2D eigenvalue weighted by atomic mass is 16.2. The fourth-order valence-electron chi connectivity index (χ4n) is 3.32. The van der Waals surface area contributed by atoms with Crippen LogP contribution in [0.25, 0.3) is 16.9 Å². The average molecular weight is 363 g/mol. The Morgan fingerprint density at radius 2 is 1.96 bits per heavy atom. The number of anilines is 1. The van der Waals surface area contributed by atoms with Crippen molar-refractivity contribution >= 4 is 28.5 Å². The van der Waals surface area contributed by atoms with E-state index in [1.807, 2.05) is 34.9 Å². The molecule has 0 radical (unpaired) electrons. The minimum atomic E-state index is -0.201. The minimum Gasteiger partial charge on any atom is -0.333 e. The molecule has 1 fully saturated rings. The van der Waals surface area contributed by atoms with Gasteiger partial charge in [-0.15, -0.1) is 0 Å². The fraction of sp³-hybridized carbons (Fsp3) is 0.300.